The van der Waals surface area contributed by atoms with Crippen LogP contribution >= 0.6 is 0 Å². The monoisotopic (exact) mass is 554 g/mol. The highest BCUT2D eigenvalue weighted by Crippen LogP contribution is 2.38. The first-order valence-corrected chi connectivity index (χ1v) is 12.5. The van der Waals surface area contributed by atoms with Gasteiger partial charge >= 0.3 is 6.18 Å². The van der Waals surface area contributed by atoms with E-state index < -0.39 is 41.4 Å². The van der Waals surface area contributed by atoms with Gasteiger partial charge in [0.1, 0.15) is 29.4 Å². The lowest BCUT2D eigenvalue weighted by Gasteiger charge is -2.54. The van der Waals surface area contributed by atoms with Crippen molar-refractivity contribution in [3.63, 3.8) is 0 Å². The number of rotatable bonds is 5. The third-order valence-corrected chi connectivity index (χ3v) is 7.49. The second-order valence-corrected chi connectivity index (χ2v) is 9.99. The van der Waals surface area contributed by atoms with Crippen LogP contribution in [0.15, 0.2) is 43.2 Å². The smallest absolute Gasteiger partial charge is 0.346 e. The Morgan fingerprint density at radius 3 is 2.80 bits per heavy atom. The molecule has 206 valence electrons. The van der Waals surface area contributed by atoms with Crippen molar-refractivity contribution >= 4 is 16.9 Å². The summed E-state index contributed by atoms with van der Waals surface area (Å²) in [6.07, 6.45) is 1.82. The number of nitrogens with zero attached hydrogens (tertiary/aromatic N) is 9. The number of aromatic amines is 1. The summed E-state index contributed by atoms with van der Waals surface area (Å²) in [6, 6.07) is 4.66. The topological polar surface area (TPSA) is 133 Å². The number of piperidine rings is 1. The van der Waals surface area contributed by atoms with Gasteiger partial charge in [0.05, 0.1) is 30.9 Å². The standard InChI is InChI=1S/C25H22F4N10O/c26-17-11-37(22(40)18-2-7-32-23(36-18)25(27,28)29)8-3-19(17)38-12-24(13-38,4-5-30)39-10-15(9-35-39)20-16-1-6-31-21(16)34-14-33-20/h1-2,6-7,9-10,14,17,19H,3-4,8,11-13H2,(H,31,33,34). The summed E-state index contributed by atoms with van der Waals surface area (Å²) in [5.41, 5.74) is 1.07. The Kier molecular flexibility index (Phi) is 6.21. The Balaban J connectivity index is 1.14. The highest BCUT2D eigenvalue weighted by atomic mass is 19.4. The minimum Gasteiger partial charge on any atom is -0.346 e. The molecule has 15 heteroatoms. The maximum absolute atomic E-state index is 15.3. The van der Waals surface area contributed by atoms with Gasteiger partial charge in [-0.3, -0.25) is 14.4 Å². The van der Waals surface area contributed by atoms with E-state index in [0.29, 0.717) is 24.4 Å². The third-order valence-electron chi connectivity index (χ3n) is 7.49. The molecule has 6 heterocycles. The summed E-state index contributed by atoms with van der Waals surface area (Å²) < 4.78 is 55.9. The number of hydrogen-bond acceptors (Lipinski definition) is 8. The van der Waals surface area contributed by atoms with Crippen LogP contribution in [-0.2, 0) is 11.7 Å². The number of amides is 1. The van der Waals surface area contributed by atoms with Gasteiger partial charge < -0.3 is 9.88 Å². The molecule has 4 aromatic rings. The van der Waals surface area contributed by atoms with Crippen molar-refractivity contribution in [3.8, 4) is 17.3 Å². The number of likely N-dealkylation sites (tertiary alicyclic amines) is 2. The quantitative estimate of drug-likeness (QED) is 0.373. The molecule has 0 aromatic carbocycles. The number of carbonyl (C=O) groups excluding carboxylic acids is 1. The molecule has 0 radical (unpaired) electrons. The van der Waals surface area contributed by atoms with Crippen LogP contribution in [0.25, 0.3) is 22.3 Å². The Bertz CT molecular complexity index is 1600. The van der Waals surface area contributed by atoms with E-state index in [1.54, 1.807) is 17.1 Å². The average Bonchev–Trinajstić information content (AvgIpc) is 3.60. The largest absolute Gasteiger partial charge is 0.451 e. The Hall–Kier alpha value is -4.45. The van der Waals surface area contributed by atoms with E-state index in [1.165, 1.54) is 11.2 Å². The molecule has 0 spiro atoms. The fraction of sp³-hybridized carbons (Fsp3) is 0.400. The van der Waals surface area contributed by atoms with Crippen molar-refractivity contribution in [2.45, 2.75) is 36.8 Å². The van der Waals surface area contributed by atoms with Crippen LogP contribution in [0, 0.1) is 11.3 Å². The summed E-state index contributed by atoms with van der Waals surface area (Å²) >= 11 is 0. The molecular weight excluding hydrogens is 532 g/mol. The highest BCUT2D eigenvalue weighted by Gasteiger charge is 2.50. The first-order chi connectivity index (χ1) is 19.2. The zero-order valence-corrected chi connectivity index (χ0v) is 20.9. The first-order valence-electron chi connectivity index (χ1n) is 12.5. The Labute approximate surface area is 224 Å². The Morgan fingerprint density at radius 2 is 2.05 bits per heavy atom. The zero-order valence-electron chi connectivity index (χ0n) is 20.9. The van der Waals surface area contributed by atoms with Crippen molar-refractivity contribution in [1.82, 2.24) is 44.5 Å². The van der Waals surface area contributed by atoms with Crippen LogP contribution < -0.4 is 0 Å². The molecule has 2 saturated heterocycles. The summed E-state index contributed by atoms with van der Waals surface area (Å²) in [6.45, 7) is 0.641. The molecule has 1 amide bonds. The van der Waals surface area contributed by atoms with Gasteiger partial charge in [0, 0.05) is 55.2 Å². The van der Waals surface area contributed by atoms with Crippen molar-refractivity contribution in [2.75, 3.05) is 26.2 Å². The molecule has 2 aliphatic heterocycles. The van der Waals surface area contributed by atoms with Crippen molar-refractivity contribution in [3.05, 3.63) is 54.8 Å². The van der Waals surface area contributed by atoms with Gasteiger partial charge in [-0.05, 0) is 18.6 Å². The van der Waals surface area contributed by atoms with E-state index in [9.17, 15) is 23.2 Å². The van der Waals surface area contributed by atoms with Crippen LogP contribution in [0.1, 0.15) is 29.2 Å². The van der Waals surface area contributed by atoms with Gasteiger partial charge in [-0.2, -0.15) is 23.5 Å². The number of carbonyl (C=O) groups is 1. The molecule has 0 bridgehead atoms. The van der Waals surface area contributed by atoms with Gasteiger partial charge in [-0.15, -0.1) is 0 Å². The Morgan fingerprint density at radius 1 is 1.23 bits per heavy atom. The molecule has 11 nitrogen and oxygen atoms in total. The van der Waals surface area contributed by atoms with E-state index in [4.69, 9.17) is 0 Å². The van der Waals surface area contributed by atoms with Crippen LogP contribution in [0.2, 0.25) is 0 Å². The summed E-state index contributed by atoms with van der Waals surface area (Å²) in [7, 11) is 0. The van der Waals surface area contributed by atoms with Gasteiger partial charge in [-0.25, -0.2) is 24.3 Å². The number of halogens is 4. The van der Waals surface area contributed by atoms with Crippen LogP contribution in [0.5, 0.6) is 0 Å². The predicted octanol–water partition coefficient (Wildman–Crippen LogP) is 2.81. The second kappa shape index (κ2) is 9.63. The van der Waals surface area contributed by atoms with Crippen LogP contribution in [0.3, 0.4) is 0 Å². The van der Waals surface area contributed by atoms with E-state index in [2.05, 4.69) is 36.1 Å². The predicted molar refractivity (Wildman–Crippen MR) is 131 cm³/mol. The van der Waals surface area contributed by atoms with Crippen molar-refractivity contribution in [1.29, 1.82) is 5.26 Å². The van der Waals surface area contributed by atoms with E-state index in [0.717, 1.165) is 23.2 Å². The summed E-state index contributed by atoms with van der Waals surface area (Å²) in [5, 5.41) is 14.9. The lowest BCUT2D eigenvalue weighted by Crippen LogP contribution is -2.68. The fourth-order valence-electron chi connectivity index (χ4n) is 5.50. The number of fused-ring (bicyclic) bond motifs is 1. The molecule has 6 rings (SSSR count). The molecule has 0 saturated carbocycles. The van der Waals surface area contributed by atoms with Crippen LogP contribution in [-0.4, -0.2) is 88.8 Å². The van der Waals surface area contributed by atoms with Crippen molar-refractivity contribution < 1.29 is 22.4 Å². The number of nitrogens with one attached hydrogen (secondary N) is 1. The normalized spacial score (nSPS) is 21.2. The maximum atomic E-state index is 15.3. The lowest BCUT2D eigenvalue weighted by molar-refractivity contribution is -0.145. The number of aromatic nitrogens is 7. The minimum absolute atomic E-state index is 0.156. The molecule has 2 aliphatic rings. The SMILES string of the molecule is N#CCC1(n2cc(-c3ncnc4[nH]ccc34)cn2)CN(C2CCN(C(=O)c3ccnc(C(F)(F)F)n3)CC2F)C1. The highest BCUT2D eigenvalue weighted by molar-refractivity contribution is 5.92. The minimum atomic E-state index is -4.79. The maximum Gasteiger partial charge on any atom is 0.451 e. The van der Waals surface area contributed by atoms with Gasteiger partial charge in [0.25, 0.3) is 5.91 Å². The molecule has 40 heavy (non-hydrogen) atoms. The molecule has 2 fully saturated rings. The molecular formula is C25H22F4N10O. The first kappa shape index (κ1) is 25.8. The molecule has 0 aliphatic carbocycles. The average molecular weight is 555 g/mol. The van der Waals surface area contributed by atoms with Crippen molar-refractivity contribution in [2.24, 2.45) is 0 Å². The zero-order chi connectivity index (χ0) is 28.1. The number of hydrogen-bond donors (Lipinski definition) is 1. The van der Waals surface area contributed by atoms with E-state index >= 15 is 4.39 Å². The van der Waals surface area contributed by atoms with Gasteiger partial charge in [-0.1, -0.05) is 0 Å². The molecule has 2 atom stereocenters. The second-order valence-electron chi connectivity index (χ2n) is 9.99. The fourth-order valence-corrected chi connectivity index (χ4v) is 5.50. The number of H-pyrrole nitrogens is 1. The molecule has 2 unspecified atom stereocenters. The third kappa shape index (κ3) is 4.43. The molecule has 1 N–H and O–H groups in total. The number of alkyl halides is 4. The van der Waals surface area contributed by atoms with E-state index in [-0.39, 0.29) is 25.9 Å². The number of nitriles is 1. The lowest BCUT2D eigenvalue weighted by atomic mass is 9.83. The van der Waals surface area contributed by atoms with Gasteiger partial charge in [0.2, 0.25) is 5.82 Å². The van der Waals surface area contributed by atoms with E-state index in [1.807, 2.05) is 17.2 Å². The molecule has 4 aromatic heterocycles. The van der Waals surface area contributed by atoms with Crippen LogP contribution in [0.4, 0.5) is 17.6 Å². The van der Waals surface area contributed by atoms with Gasteiger partial charge in [0.15, 0.2) is 0 Å². The summed E-state index contributed by atoms with van der Waals surface area (Å²) in [4.78, 5) is 34.0. The summed E-state index contributed by atoms with van der Waals surface area (Å²) in [5.74, 6) is -2.19.